The lowest BCUT2D eigenvalue weighted by Crippen LogP contribution is -2.25. The molecule has 1 amide bonds. The van der Waals surface area contributed by atoms with Crippen molar-refractivity contribution in [3.8, 4) is 5.75 Å². The van der Waals surface area contributed by atoms with Crippen molar-refractivity contribution in [3.63, 3.8) is 0 Å². The third-order valence-corrected chi connectivity index (χ3v) is 2.21. The number of carbonyl (C=O) groups excluding carboxylic acids is 1. The second-order valence-corrected chi connectivity index (χ2v) is 3.77. The summed E-state index contributed by atoms with van der Waals surface area (Å²) >= 11 is 0. The molecule has 1 rings (SSSR count). The highest BCUT2D eigenvalue weighted by Gasteiger charge is 2.01. The summed E-state index contributed by atoms with van der Waals surface area (Å²) in [4.78, 5) is 16.1. The molecule has 19 heavy (non-hydrogen) atoms. The Labute approximate surface area is 111 Å². The molecule has 0 bridgehead atoms. The standard InChI is InChI=1S/C13H18FNO4/c1-17-9-10-19-15-13(16)3-2-8-18-12-6-4-11(14)5-7-12/h4-7H,2-3,8-10H2,1H3,(H,15,16). The van der Waals surface area contributed by atoms with Crippen LogP contribution in [0.25, 0.3) is 0 Å². The number of carbonyl (C=O) groups is 1. The van der Waals surface area contributed by atoms with Gasteiger partial charge in [-0.2, -0.15) is 0 Å². The second kappa shape index (κ2) is 9.29. The SMILES string of the molecule is COCCONC(=O)CCCOc1ccc(F)cc1. The Morgan fingerprint density at radius 1 is 1.21 bits per heavy atom. The van der Waals surface area contributed by atoms with Gasteiger partial charge in [0.25, 0.3) is 0 Å². The molecule has 0 radical (unpaired) electrons. The van der Waals surface area contributed by atoms with Crippen LogP contribution in [-0.2, 0) is 14.4 Å². The number of hydrogen-bond donors (Lipinski definition) is 1. The highest BCUT2D eigenvalue weighted by atomic mass is 19.1. The Kier molecular flexibility index (Phi) is 7.53. The summed E-state index contributed by atoms with van der Waals surface area (Å²) in [6, 6.07) is 5.74. The van der Waals surface area contributed by atoms with E-state index in [4.69, 9.17) is 14.3 Å². The molecule has 0 aliphatic heterocycles. The van der Waals surface area contributed by atoms with Crippen molar-refractivity contribution >= 4 is 5.91 Å². The van der Waals surface area contributed by atoms with Crippen LogP contribution in [0, 0.1) is 5.82 Å². The third kappa shape index (κ3) is 7.38. The van der Waals surface area contributed by atoms with Crippen LogP contribution in [0.3, 0.4) is 0 Å². The van der Waals surface area contributed by atoms with Crippen molar-refractivity contribution in [3.05, 3.63) is 30.1 Å². The molecule has 0 spiro atoms. The summed E-state index contributed by atoms with van der Waals surface area (Å²) in [5.74, 6) is 0.0666. The predicted molar refractivity (Wildman–Crippen MR) is 67.1 cm³/mol. The van der Waals surface area contributed by atoms with Gasteiger partial charge < -0.3 is 9.47 Å². The first-order valence-electron chi connectivity index (χ1n) is 6.00. The molecule has 1 aromatic carbocycles. The van der Waals surface area contributed by atoms with Gasteiger partial charge in [0.05, 0.1) is 19.8 Å². The van der Waals surface area contributed by atoms with E-state index in [0.29, 0.717) is 38.4 Å². The molecule has 5 nitrogen and oxygen atoms in total. The highest BCUT2D eigenvalue weighted by molar-refractivity contribution is 5.74. The fourth-order valence-electron chi connectivity index (χ4n) is 1.26. The number of rotatable bonds is 9. The summed E-state index contributed by atoms with van der Waals surface area (Å²) in [7, 11) is 1.55. The topological polar surface area (TPSA) is 56.8 Å². The smallest absolute Gasteiger partial charge is 0.243 e. The van der Waals surface area contributed by atoms with E-state index in [1.807, 2.05) is 0 Å². The van der Waals surface area contributed by atoms with E-state index in [0.717, 1.165) is 0 Å². The van der Waals surface area contributed by atoms with Crippen molar-refractivity contribution in [2.75, 3.05) is 26.9 Å². The van der Waals surface area contributed by atoms with Crippen LogP contribution in [0.2, 0.25) is 0 Å². The van der Waals surface area contributed by atoms with E-state index in [2.05, 4.69) is 5.48 Å². The van der Waals surface area contributed by atoms with E-state index in [1.165, 1.54) is 12.1 Å². The molecule has 0 unspecified atom stereocenters. The molecule has 6 heteroatoms. The number of ether oxygens (including phenoxy) is 2. The highest BCUT2D eigenvalue weighted by Crippen LogP contribution is 2.11. The number of hydrogen-bond acceptors (Lipinski definition) is 4. The van der Waals surface area contributed by atoms with Gasteiger partial charge in [0.1, 0.15) is 11.6 Å². The minimum absolute atomic E-state index is 0.209. The van der Waals surface area contributed by atoms with Crippen LogP contribution in [0.15, 0.2) is 24.3 Å². The predicted octanol–water partition coefficient (Wildman–Crippen LogP) is 1.68. The molecule has 0 heterocycles. The van der Waals surface area contributed by atoms with Crippen molar-refractivity contribution in [1.29, 1.82) is 0 Å². The molecule has 0 fully saturated rings. The molecular formula is C13H18FNO4. The third-order valence-electron chi connectivity index (χ3n) is 2.21. The largest absolute Gasteiger partial charge is 0.494 e. The Morgan fingerprint density at radius 3 is 2.63 bits per heavy atom. The summed E-state index contributed by atoms with van der Waals surface area (Å²) in [6.07, 6.45) is 0.852. The fourth-order valence-corrected chi connectivity index (χ4v) is 1.26. The maximum absolute atomic E-state index is 12.6. The molecule has 0 aliphatic rings. The average Bonchev–Trinajstić information content (AvgIpc) is 2.42. The zero-order chi connectivity index (χ0) is 13.9. The van der Waals surface area contributed by atoms with Crippen LogP contribution in [0.4, 0.5) is 4.39 Å². The van der Waals surface area contributed by atoms with E-state index in [9.17, 15) is 9.18 Å². The van der Waals surface area contributed by atoms with Gasteiger partial charge in [0.2, 0.25) is 5.91 Å². The molecule has 1 aromatic rings. The molecule has 0 saturated carbocycles. The number of nitrogens with one attached hydrogen (secondary N) is 1. The van der Waals surface area contributed by atoms with Gasteiger partial charge in [-0.25, -0.2) is 9.87 Å². The van der Waals surface area contributed by atoms with Gasteiger partial charge in [-0.3, -0.25) is 9.63 Å². The second-order valence-electron chi connectivity index (χ2n) is 3.77. The van der Waals surface area contributed by atoms with E-state index in [1.54, 1.807) is 19.2 Å². The number of halogens is 1. The first-order valence-corrected chi connectivity index (χ1v) is 6.00. The minimum atomic E-state index is -0.306. The van der Waals surface area contributed by atoms with Crippen LogP contribution < -0.4 is 10.2 Å². The lowest BCUT2D eigenvalue weighted by molar-refractivity contribution is -0.134. The molecule has 1 N–H and O–H groups in total. The molecule has 0 aliphatic carbocycles. The Bertz CT molecular complexity index is 369. The Morgan fingerprint density at radius 2 is 1.95 bits per heavy atom. The van der Waals surface area contributed by atoms with Crippen molar-refractivity contribution in [1.82, 2.24) is 5.48 Å². The van der Waals surface area contributed by atoms with Gasteiger partial charge in [0, 0.05) is 13.5 Å². The van der Waals surface area contributed by atoms with E-state index >= 15 is 0 Å². The zero-order valence-electron chi connectivity index (χ0n) is 10.9. The first-order chi connectivity index (χ1) is 9.22. The van der Waals surface area contributed by atoms with Crippen molar-refractivity contribution < 1.29 is 23.5 Å². The van der Waals surface area contributed by atoms with Crippen LogP contribution >= 0.6 is 0 Å². The van der Waals surface area contributed by atoms with Gasteiger partial charge in [-0.15, -0.1) is 0 Å². The van der Waals surface area contributed by atoms with Gasteiger partial charge >= 0.3 is 0 Å². The van der Waals surface area contributed by atoms with Gasteiger partial charge in [-0.1, -0.05) is 0 Å². The summed E-state index contributed by atoms with van der Waals surface area (Å²) in [6.45, 7) is 1.12. The fraction of sp³-hybridized carbons (Fsp3) is 0.462. The molecule has 0 atom stereocenters. The molecule has 0 aromatic heterocycles. The van der Waals surface area contributed by atoms with Gasteiger partial charge in [-0.05, 0) is 30.7 Å². The quantitative estimate of drug-likeness (QED) is 0.548. The monoisotopic (exact) mass is 271 g/mol. The zero-order valence-corrected chi connectivity index (χ0v) is 10.9. The molecule has 106 valence electrons. The Hall–Kier alpha value is -1.66. The van der Waals surface area contributed by atoms with Crippen molar-refractivity contribution in [2.45, 2.75) is 12.8 Å². The maximum atomic E-state index is 12.6. The summed E-state index contributed by atoms with van der Waals surface area (Å²) in [5, 5.41) is 0. The lowest BCUT2D eigenvalue weighted by atomic mass is 10.3. The number of benzene rings is 1. The van der Waals surface area contributed by atoms with Crippen molar-refractivity contribution in [2.24, 2.45) is 0 Å². The maximum Gasteiger partial charge on any atom is 0.243 e. The van der Waals surface area contributed by atoms with Crippen LogP contribution in [0.5, 0.6) is 5.75 Å². The summed E-state index contributed by atoms with van der Waals surface area (Å²) in [5.41, 5.74) is 2.30. The molecule has 0 saturated heterocycles. The Balaban J connectivity index is 2.03. The normalized spacial score (nSPS) is 10.2. The number of hydroxylamine groups is 1. The minimum Gasteiger partial charge on any atom is -0.494 e. The first kappa shape index (κ1) is 15.4. The summed E-state index contributed by atoms with van der Waals surface area (Å²) < 4.78 is 22.7. The van der Waals surface area contributed by atoms with E-state index < -0.39 is 0 Å². The number of methoxy groups -OCH3 is 1. The van der Waals surface area contributed by atoms with E-state index in [-0.39, 0.29) is 11.7 Å². The average molecular weight is 271 g/mol. The van der Waals surface area contributed by atoms with Crippen LogP contribution in [0.1, 0.15) is 12.8 Å². The van der Waals surface area contributed by atoms with Crippen LogP contribution in [-0.4, -0.2) is 32.8 Å². The molecular weight excluding hydrogens is 253 g/mol. The lowest BCUT2D eigenvalue weighted by Gasteiger charge is -2.07. The number of amides is 1. The van der Waals surface area contributed by atoms with Gasteiger partial charge in [0.15, 0.2) is 0 Å².